The van der Waals surface area contributed by atoms with E-state index in [0.29, 0.717) is 10.5 Å². The first-order valence-electron chi connectivity index (χ1n) is 10.8. The minimum Gasteiger partial charge on any atom is -0.465 e. The number of amides is 1. The smallest absolute Gasteiger partial charge is 0.339 e. The van der Waals surface area contributed by atoms with Crippen molar-refractivity contribution in [2.45, 2.75) is 32.7 Å². The van der Waals surface area contributed by atoms with Crippen LogP contribution in [-0.4, -0.2) is 29.1 Å². The molecule has 6 nitrogen and oxygen atoms in total. The van der Waals surface area contributed by atoms with Gasteiger partial charge in [-0.25, -0.2) is 4.79 Å². The summed E-state index contributed by atoms with van der Waals surface area (Å²) >= 11 is 1.46. The monoisotopic (exact) mass is 461 g/mol. The van der Waals surface area contributed by atoms with Crippen molar-refractivity contribution in [3.63, 3.8) is 0 Å². The van der Waals surface area contributed by atoms with E-state index in [1.807, 2.05) is 60.9 Å². The molecule has 2 N–H and O–H groups in total. The van der Waals surface area contributed by atoms with Crippen LogP contribution in [0.2, 0.25) is 0 Å². The van der Waals surface area contributed by atoms with Gasteiger partial charge in [-0.2, -0.15) is 0 Å². The molecule has 1 atom stereocenters. The van der Waals surface area contributed by atoms with E-state index in [1.54, 1.807) is 6.07 Å². The number of carbonyl (C=O) groups excluding carboxylic acids is 2. The lowest BCUT2D eigenvalue weighted by molar-refractivity contribution is -0.116. The van der Waals surface area contributed by atoms with Crippen LogP contribution in [-0.2, 0) is 16.0 Å². The number of nitrogens with one attached hydrogen (secondary N) is 2. The van der Waals surface area contributed by atoms with Gasteiger partial charge in [-0.3, -0.25) is 4.79 Å². The van der Waals surface area contributed by atoms with Gasteiger partial charge in [0.1, 0.15) is 0 Å². The average Bonchev–Trinajstić information content (AvgIpc) is 3.31. The predicted octanol–water partition coefficient (Wildman–Crippen LogP) is 5.04. The van der Waals surface area contributed by atoms with Gasteiger partial charge < -0.3 is 19.9 Å². The highest BCUT2D eigenvalue weighted by Crippen LogP contribution is 2.32. The number of hydrogen-bond donors (Lipinski definition) is 2. The Morgan fingerprint density at radius 1 is 1.18 bits per heavy atom. The first kappa shape index (κ1) is 22.7. The minimum absolute atomic E-state index is 0.109. The van der Waals surface area contributed by atoms with Gasteiger partial charge in [0.05, 0.1) is 23.3 Å². The summed E-state index contributed by atoms with van der Waals surface area (Å²) in [7, 11) is 1.38. The number of hydrogen-bond acceptors (Lipinski definition) is 5. The van der Waals surface area contributed by atoms with E-state index < -0.39 is 0 Å². The van der Waals surface area contributed by atoms with Gasteiger partial charge in [-0.05, 0) is 67.8 Å². The molecule has 1 aromatic heterocycles. The van der Waals surface area contributed by atoms with Crippen molar-refractivity contribution in [2.75, 3.05) is 12.4 Å². The first-order chi connectivity index (χ1) is 15.9. The standard InChI is InChI=1S/C26H27N3O3S/c1-5-18-10-12-20(13-11-18)27-26-28-24(30)23(33-26)15-19-14-16(2)29(17(19)3)22-9-7-6-8-21(22)25(31)32-4/h6-15,26-27H,5H2,1-4H3,(H,28,30)/b23-15-/t26-/m0/s1. The average molecular weight is 462 g/mol. The Labute approximate surface area is 198 Å². The molecule has 170 valence electrons. The molecule has 0 spiro atoms. The van der Waals surface area contributed by atoms with Gasteiger partial charge in [0, 0.05) is 17.1 Å². The van der Waals surface area contributed by atoms with Crippen LogP contribution in [0.1, 0.15) is 39.8 Å². The highest BCUT2D eigenvalue weighted by molar-refractivity contribution is 8.05. The Hall–Kier alpha value is -3.45. The first-order valence-corrected chi connectivity index (χ1v) is 11.7. The fourth-order valence-corrected chi connectivity index (χ4v) is 4.93. The van der Waals surface area contributed by atoms with Gasteiger partial charge in [-0.1, -0.05) is 43.0 Å². The normalized spacial score (nSPS) is 16.7. The fourth-order valence-electron chi connectivity index (χ4n) is 3.95. The number of carbonyl (C=O) groups is 2. The van der Waals surface area contributed by atoms with Gasteiger partial charge in [-0.15, -0.1) is 0 Å². The number of benzene rings is 2. The summed E-state index contributed by atoms with van der Waals surface area (Å²) in [4.78, 5) is 25.5. The lowest BCUT2D eigenvalue weighted by Gasteiger charge is -2.13. The number of anilines is 1. The molecule has 0 radical (unpaired) electrons. The Kier molecular flexibility index (Phi) is 6.60. The highest BCUT2D eigenvalue weighted by Gasteiger charge is 2.28. The molecule has 2 heterocycles. The summed E-state index contributed by atoms with van der Waals surface area (Å²) in [6, 6.07) is 17.6. The van der Waals surface area contributed by atoms with Crippen molar-refractivity contribution >= 4 is 35.4 Å². The zero-order valence-electron chi connectivity index (χ0n) is 19.1. The van der Waals surface area contributed by atoms with E-state index in [9.17, 15) is 9.59 Å². The zero-order valence-corrected chi connectivity index (χ0v) is 20.0. The molecule has 0 saturated carbocycles. The lowest BCUT2D eigenvalue weighted by Crippen LogP contribution is -2.30. The second kappa shape index (κ2) is 9.58. The second-order valence-electron chi connectivity index (χ2n) is 7.85. The van der Waals surface area contributed by atoms with Crippen LogP contribution in [0.4, 0.5) is 5.69 Å². The highest BCUT2D eigenvalue weighted by atomic mass is 32.2. The molecule has 2 aromatic carbocycles. The van der Waals surface area contributed by atoms with Crippen LogP contribution >= 0.6 is 11.8 Å². The second-order valence-corrected chi connectivity index (χ2v) is 8.99. The number of nitrogens with zero attached hydrogens (tertiary/aromatic N) is 1. The van der Waals surface area contributed by atoms with Gasteiger partial charge in [0.25, 0.3) is 5.91 Å². The Morgan fingerprint density at radius 3 is 2.61 bits per heavy atom. The van der Waals surface area contributed by atoms with Crippen molar-refractivity contribution in [1.82, 2.24) is 9.88 Å². The number of methoxy groups -OCH3 is 1. The van der Waals surface area contributed by atoms with Crippen LogP contribution in [0.5, 0.6) is 0 Å². The van der Waals surface area contributed by atoms with E-state index in [4.69, 9.17) is 4.74 Å². The number of thioether (sulfide) groups is 1. The van der Waals surface area contributed by atoms with Crippen molar-refractivity contribution in [3.8, 4) is 5.69 Å². The van der Waals surface area contributed by atoms with E-state index in [0.717, 1.165) is 34.7 Å². The van der Waals surface area contributed by atoms with E-state index in [-0.39, 0.29) is 17.4 Å². The molecular formula is C26H27N3O3S. The third-order valence-corrected chi connectivity index (χ3v) is 6.73. The molecule has 4 rings (SSSR count). The summed E-state index contributed by atoms with van der Waals surface area (Å²) in [5.41, 5.74) is 6.07. The van der Waals surface area contributed by atoms with Gasteiger partial charge >= 0.3 is 5.97 Å². The zero-order chi connectivity index (χ0) is 23.5. The van der Waals surface area contributed by atoms with E-state index in [2.05, 4.69) is 29.7 Å². The molecule has 1 aliphatic heterocycles. The SMILES string of the molecule is CCc1ccc(N[C@H]2NC(=O)/C(=C/c3cc(C)n(-c4ccccc4C(=O)OC)c3C)S2)cc1. The third-order valence-electron chi connectivity index (χ3n) is 5.70. The molecule has 1 aliphatic rings. The molecule has 0 bridgehead atoms. The molecule has 1 fully saturated rings. The molecule has 0 aliphatic carbocycles. The fraction of sp³-hybridized carbons (Fsp3) is 0.231. The van der Waals surface area contributed by atoms with E-state index in [1.165, 1.54) is 24.4 Å². The number of rotatable bonds is 6. The minimum atomic E-state index is -0.385. The van der Waals surface area contributed by atoms with Crippen LogP contribution in [0.25, 0.3) is 11.8 Å². The summed E-state index contributed by atoms with van der Waals surface area (Å²) < 4.78 is 6.97. The number of aromatic nitrogens is 1. The topological polar surface area (TPSA) is 72.4 Å². The summed E-state index contributed by atoms with van der Waals surface area (Å²) in [5, 5.41) is 6.34. The van der Waals surface area contributed by atoms with Crippen molar-refractivity contribution < 1.29 is 14.3 Å². The Balaban J connectivity index is 1.59. The van der Waals surface area contributed by atoms with Crippen LogP contribution in [0.15, 0.2) is 59.5 Å². The van der Waals surface area contributed by atoms with Crippen LogP contribution in [0.3, 0.4) is 0 Å². The molecule has 7 heteroatoms. The molecule has 1 amide bonds. The number of esters is 1. The maximum absolute atomic E-state index is 12.6. The van der Waals surface area contributed by atoms with Crippen molar-refractivity contribution in [1.29, 1.82) is 0 Å². The quantitative estimate of drug-likeness (QED) is 0.397. The Bertz CT molecular complexity index is 1230. The third kappa shape index (κ3) is 4.68. The van der Waals surface area contributed by atoms with Crippen LogP contribution < -0.4 is 10.6 Å². The van der Waals surface area contributed by atoms with Crippen molar-refractivity contribution in [3.05, 3.63) is 87.6 Å². The summed E-state index contributed by atoms with van der Waals surface area (Å²) in [5.74, 6) is -0.493. The Morgan fingerprint density at radius 2 is 1.91 bits per heavy atom. The summed E-state index contributed by atoms with van der Waals surface area (Å²) in [6.07, 6.45) is 2.89. The largest absolute Gasteiger partial charge is 0.465 e. The van der Waals surface area contributed by atoms with E-state index >= 15 is 0 Å². The van der Waals surface area contributed by atoms with Crippen LogP contribution in [0, 0.1) is 13.8 Å². The molecule has 33 heavy (non-hydrogen) atoms. The van der Waals surface area contributed by atoms with Crippen molar-refractivity contribution in [2.24, 2.45) is 0 Å². The molecule has 3 aromatic rings. The number of aryl methyl sites for hydroxylation is 2. The summed E-state index contributed by atoms with van der Waals surface area (Å²) in [6.45, 7) is 6.09. The lowest BCUT2D eigenvalue weighted by atomic mass is 10.1. The molecular weight excluding hydrogens is 434 g/mol. The number of ether oxygens (including phenoxy) is 1. The maximum atomic E-state index is 12.6. The van der Waals surface area contributed by atoms with Gasteiger partial charge in [0.15, 0.2) is 5.50 Å². The number of para-hydroxylation sites is 1. The van der Waals surface area contributed by atoms with Gasteiger partial charge in [0.2, 0.25) is 0 Å². The predicted molar refractivity (Wildman–Crippen MR) is 134 cm³/mol. The molecule has 0 unspecified atom stereocenters. The molecule has 1 saturated heterocycles. The maximum Gasteiger partial charge on any atom is 0.339 e.